The third-order valence-corrected chi connectivity index (χ3v) is 15.1. The molecule has 0 saturated carbocycles. The molecule has 0 nitrogen and oxygen atoms in total. The lowest BCUT2D eigenvalue weighted by Gasteiger charge is -2.37. The highest BCUT2D eigenvalue weighted by molar-refractivity contribution is 6.63. The second kappa shape index (κ2) is 10.8. The molecule has 146 valence electrons. The maximum atomic E-state index is 13.0. The number of benzene rings is 1. The van der Waals surface area contributed by atoms with Gasteiger partial charge in [-0.15, -0.1) is 0 Å². The molecule has 0 amide bonds. The van der Waals surface area contributed by atoms with Gasteiger partial charge in [0.25, 0.3) is 0 Å². The van der Waals surface area contributed by atoms with E-state index in [1.54, 1.807) is 55.2 Å². The second-order valence-electron chi connectivity index (χ2n) is 9.22. The molecule has 0 unspecified atom stereocenters. The molecule has 3 heteroatoms. The summed E-state index contributed by atoms with van der Waals surface area (Å²) in [5.41, 5.74) is 2.53. The first-order valence-corrected chi connectivity index (χ1v) is 16.2. The molecule has 0 aromatic heterocycles. The fraction of sp³-hybridized carbons (Fsp3) is 0.739. The molecule has 0 N–H and O–H groups in total. The molecule has 0 aliphatic carbocycles. The zero-order chi connectivity index (χ0) is 18.2. The summed E-state index contributed by atoms with van der Waals surface area (Å²) >= 11 is 0. The van der Waals surface area contributed by atoms with Gasteiger partial charge in [0.05, 0.1) is 0 Å². The number of halogens is 1. The number of aryl methyl sites for hydroxylation is 1. The Balaban J connectivity index is 1.32. The Kier molecular flexibility index (Phi) is 8.44. The first-order chi connectivity index (χ1) is 12.7. The molecular weight excluding hydrogens is 351 g/mol. The van der Waals surface area contributed by atoms with E-state index in [4.69, 9.17) is 0 Å². The van der Waals surface area contributed by atoms with Crippen LogP contribution in [0.1, 0.15) is 63.9 Å². The van der Waals surface area contributed by atoms with Gasteiger partial charge in [-0.2, -0.15) is 0 Å². The number of unbranched alkanes of at least 4 members (excludes halogenated alkanes) is 2. The van der Waals surface area contributed by atoms with Crippen LogP contribution >= 0.6 is 0 Å². The number of rotatable bonds is 8. The Labute approximate surface area is 164 Å². The van der Waals surface area contributed by atoms with E-state index >= 15 is 0 Å². The smallest absolute Gasteiger partial charge is 0.123 e. The topological polar surface area (TPSA) is 0 Å². The highest BCUT2D eigenvalue weighted by atomic mass is 28.3. The summed E-state index contributed by atoms with van der Waals surface area (Å²) in [6.45, 7) is 2.33. The maximum Gasteiger partial charge on any atom is 0.123 e. The van der Waals surface area contributed by atoms with E-state index in [1.807, 2.05) is 12.1 Å². The summed E-state index contributed by atoms with van der Waals surface area (Å²) in [7, 11) is -0.757. The van der Waals surface area contributed by atoms with E-state index in [-0.39, 0.29) is 14.6 Å². The van der Waals surface area contributed by atoms with Gasteiger partial charge in [0.1, 0.15) is 5.82 Å². The molecule has 2 aliphatic rings. The van der Waals surface area contributed by atoms with Gasteiger partial charge < -0.3 is 0 Å². The quantitative estimate of drug-likeness (QED) is 0.332. The van der Waals surface area contributed by atoms with Crippen molar-refractivity contribution in [3.63, 3.8) is 0 Å². The standard InChI is InChI=1S/C23H39FSi2/c1-2-3-4-15-25-16-13-23(14-17-25)26-18-11-21(12-19-26)6-5-20-7-9-22(24)10-8-20/h7-10,21,23,25-26H,2-6,11-19H2,1H3/t21-,23-,25-,26-. The molecule has 1 aromatic rings. The molecule has 3 rings (SSSR count). The van der Waals surface area contributed by atoms with Gasteiger partial charge in [0.15, 0.2) is 0 Å². The number of hydrogen-bond donors (Lipinski definition) is 0. The van der Waals surface area contributed by atoms with E-state index in [1.165, 1.54) is 49.6 Å². The highest BCUT2D eigenvalue weighted by Gasteiger charge is 2.31. The molecule has 26 heavy (non-hydrogen) atoms. The minimum absolute atomic E-state index is 0.108. The highest BCUT2D eigenvalue weighted by Crippen LogP contribution is 2.41. The van der Waals surface area contributed by atoms with Gasteiger partial charge in [-0.25, -0.2) is 4.39 Å². The molecule has 0 spiro atoms. The first-order valence-electron chi connectivity index (χ1n) is 11.5. The molecule has 1 aromatic carbocycles. The average molecular weight is 391 g/mol. The minimum atomic E-state index is -0.439. The van der Waals surface area contributed by atoms with Crippen LogP contribution in [0.25, 0.3) is 0 Å². The average Bonchev–Trinajstić information content (AvgIpc) is 2.69. The van der Waals surface area contributed by atoms with E-state index in [0.717, 1.165) is 12.3 Å². The maximum absolute atomic E-state index is 13.0. The van der Waals surface area contributed by atoms with E-state index in [2.05, 4.69) is 6.92 Å². The molecule has 2 saturated heterocycles. The second-order valence-corrected chi connectivity index (χ2v) is 16.3. The molecule has 2 heterocycles. The predicted octanol–water partition coefficient (Wildman–Crippen LogP) is 6.98. The van der Waals surface area contributed by atoms with Crippen LogP contribution in [0.3, 0.4) is 0 Å². The molecule has 2 aliphatic heterocycles. The summed E-state index contributed by atoms with van der Waals surface area (Å²) < 4.78 is 13.0. The zero-order valence-corrected chi connectivity index (χ0v) is 19.2. The largest absolute Gasteiger partial charge is 0.207 e. The fourth-order valence-corrected chi connectivity index (χ4v) is 14.3. The zero-order valence-electron chi connectivity index (χ0n) is 16.9. The van der Waals surface area contributed by atoms with Crippen LogP contribution < -0.4 is 0 Å². The Morgan fingerprint density at radius 2 is 1.62 bits per heavy atom. The Hall–Kier alpha value is -0.416. The van der Waals surface area contributed by atoms with Crippen LogP contribution in [0.4, 0.5) is 4.39 Å². The van der Waals surface area contributed by atoms with E-state index in [9.17, 15) is 4.39 Å². The van der Waals surface area contributed by atoms with Gasteiger partial charge in [0.2, 0.25) is 0 Å². The summed E-state index contributed by atoms with van der Waals surface area (Å²) in [6.07, 6.45) is 13.2. The van der Waals surface area contributed by atoms with Gasteiger partial charge in [-0.3, -0.25) is 0 Å². The van der Waals surface area contributed by atoms with Crippen molar-refractivity contribution in [1.82, 2.24) is 0 Å². The van der Waals surface area contributed by atoms with Gasteiger partial charge in [-0.05, 0) is 42.0 Å². The molecule has 2 fully saturated rings. The van der Waals surface area contributed by atoms with Crippen molar-refractivity contribution in [2.75, 3.05) is 0 Å². The van der Waals surface area contributed by atoms with Crippen molar-refractivity contribution in [2.45, 2.75) is 100 Å². The Bertz CT molecular complexity index is 499. The van der Waals surface area contributed by atoms with Crippen molar-refractivity contribution in [2.24, 2.45) is 5.92 Å². The lowest BCUT2D eigenvalue weighted by molar-refractivity contribution is 0.433. The van der Waals surface area contributed by atoms with E-state index in [0.29, 0.717) is 0 Å². The van der Waals surface area contributed by atoms with Gasteiger partial charge in [-0.1, -0.05) is 94.2 Å². The number of hydrogen-bond acceptors (Lipinski definition) is 0. The summed E-state index contributed by atoms with van der Waals surface area (Å²) in [5, 5.41) is 0. The van der Waals surface area contributed by atoms with Crippen molar-refractivity contribution >= 4 is 17.6 Å². The van der Waals surface area contributed by atoms with Crippen LogP contribution in [0, 0.1) is 11.7 Å². The monoisotopic (exact) mass is 390 g/mol. The van der Waals surface area contributed by atoms with Crippen molar-refractivity contribution in [3.05, 3.63) is 35.6 Å². The summed E-state index contributed by atoms with van der Waals surface area (Å²) in [5.74, 6) is 0.840. The van der Waals surface area contributed by atoms with Crippen LogP contribution in [0.2, 0.25) is 35.8 Å². The fourth-order valence-electron chi connectivity index (χ4n) is 5.60. The van der Waals surface area contributed by atoms with Crippen LogP contribution in [0.15, 0.2) is 24.3 Å². The first kappa shape index (κ1) is 20.3. The minimum Gasteiger partial charge on any atom is -0.207 e. The lowest BCUT2D eigenvalue weighted by Crippen LogP contribution is -2.31. The third kappa shape index (κ3) is 6.33. The predicted molar refractivity (Wildman–Crippen MR) is 118 cm³/mol. The van der Waals surface area contributed by atoms with Gasteiger partial charge >= 0.3 is 0 Å². The van der Waals surface area contributed by atoms with Crippen LogP contribution in [0.5, 0.6) is 0 Å². The van der Waals surface area contributed by atoms with E-state index < -0.39 is 8.80 Å². The Morgan fingerprint density at radius 1 is 0.923 bits per heavy atom. The molecule has 0 bridgehead atoms. The van der Waals surface area contributed by atoms with Crippen LogP contribution in [-0.2, 0) is 6.42 Å². The normalized spacial score (nSPS) is 29.6. The molecular formula is C23H39FSi2. The van der Waals surface area contributed by atoms with Crippen LogP contribution in [-0.4, -0.2) is 17.6 Å². The third-order valence-electron chi connectivity index (χ3n) is 7.42. The molecule has 0 atom stereocenters. The van der Waals surface area contributed by atoms with Gasteiger partial charge in [0, 0.05) is 17.6 Å². The van der Waals surface area contributed by atoms with Crippen molar-refractivity contribution in [1.29, 1.82) is 0 Å². The summed E-state index contributed by atoms with van der Waals surface area (Å²) in [4.78, 5) is 0. The molecule has 0 radical (unpaired) electrons. The van der Waals surface area contributed by atoms with Crippen molar-refractivity contribution < 1.29 is 4.39 Å². The Morgan fingerprint density at radius 3 is 2.27 bits per heavy atom. The summed E-state index contributed by atoms with van der Waals surface area (Å²) in [6, 6.07) is 15.4. The lowest BCUT2D eigenvalue weighted by atomic mass is 9.94. The SMILES string of the molecule is CCCCC[Si@H]1CC[C@H]([Si@H]2CC[C@H](CCc3ccc(F)cc3)CC2)CC1. The van der Waals surface area contributed by atoms with Crippen molar-refractivity contribution in [3.8, 4) is 0 Å².